The molecule has 1 atom stereocenters. The van der Waals surface area contributed by atoms with Gasteiger partial charge in [0.1, 0.15) is 11.7 Å². The molecule has 3 aromatic rings. The van der Waals surface area contributed by atoms with Crippen molar-refractivity contribution >= 4 is 12.2 Å². The Kier molecular flexibility index (Phi) is 11.4. The number of likely N-dealkylation sites (tertiary alicyclic amines) is 1. The molecule has 1 saturated heterocycles. The van der Waals surface area contributed by atoms with E-state index in [1.165, 1.54) is 11.1 Å². The van der Waals surface area contributed by atoms with Gasteiger partial charge >= 0.3 is 0 Å². The number of primary amides is 1. The van der Waals surface area contributed by atoms with Crippen molar-refractivity contribution in [1.29, 1.82) is 0 Å². The van der Waals surface area contributed by atoms with Crippen LogP contribution in [0.2, 0.25) is 0 Å². The van der Waals surface area contributed by atoms with Crippen LogP contribution in [0.25, 0.3) is 0 Å². The SMILES string of the molecule is C=C(/N=C(/N)c1cc(OC)c(OC)cc1C)N1CCC(Cc2ccccc2)([C@@H](CC)c2ccccc2)CC1.NC=O. The first-order chi connectivity index (χ1) is 19.8. The summed E-state index contributed by atoms with van der Waals surface area (Å²) in [7, 11) is 3.25. The molecule has 4 rings (SSSR count). The number of rotatable bonds is 10. The number of carbonyl (C=O) groups excluding carboxylic acids is 1. The number of methoxy groups -OCH3 is 2. The van der Waals surface area contributed by atoms with Crippen molar-refractivity contribution in [3.63, 3.8) is 0 Å². The molecule has 0 saturated carbocycles. The summed E-state index contributed by atoms with van der Waals surface area (Å²) in [6, 6.07) is 25.8. The summed E-state index contributed by atoms with van der Waals surface area (Å²) in [6.45, 7) is 10.4. The van der Waals surface area contributed by atoms with Crippen molar-refractivity contribution in [2.75, 3.05) is 27.3 Å². The third-order valence-corrected chi connectivity index (χ3v) is 8.13. The summed E-state index contributed by atoms with van der Waals surface area (Å²) in [6.07, 6.45) is 4.57. The molecule has 3 aromatic carbocycles. The Hall–Kier alpha value is -4.26. The van der Waals surface area contributed by atoms with Gasteiger partial charge in [-0.15, -0.1) is 0 Å². The highest BCUT2D eigenvalue weighted by molar-refractivity contribution is 6.00. The molecule has 0 aromatic heterocycles. The lowest BCUT2D eigenvalue weighted by Gasteiger charge is -2.47. The van der Waals surface area contributed by atoms with Crippen LogP contribution in [0.15, 0.2) is 90.2 Å². The maximum atomic E-state index is 8.58. The highest BCUT2D eigenvalue weighted by Crippen LogP contribution is 2.49. The quantitative estimate of drug-likeness (QED) is 0.186. The van der Waals surface area contributed by atoms with Gasteiger partial charge in [0.15, 0.2) is 11.5 Å². The number of nitrogens with two attached hydrogens (primary N) is 2. The largest absolute Gasteiger partial charge is 0.493 e. The fourth-order valence-corrected chi connectivity index (χ4v) is 6.10. The lowest BCUT2D eigenvalue weighted by molar-refractivity contribution is -0.106. The predicted octanol–water partition coefficient (Wildman–Crippen LogP) is 5.81. The first kappa shape index (κ1) is 31.3. The first-order valence-corrected chi connectivity index (χ1v) is 14.1. The highest BCUT2D eigenvalue weighted by Gasteiger charge is 2.41. The number of aliphatic imine (C=N–C) groups is 1. The maximum Gasteiger partial charge on any atom is 0.204 e. The highest BCUT2D eigenvalue weighted by atomic mass is 16.5. The third kappa shape index (κ3) is 7.69. The summed E-state index contributed by atoms with van der Waals surface area (Å²) in [5.74, 6) is 2.94. The van der Waals surface area contributed by atoms with Gasteiger partial charge in [0.05, 0.1) is 14.2 Å². The van der Waals surface area contributed by atoms with E-state index >= 15 is 0 Å². The number of benzene rings is 3. The lowest BCUT2D eigenvalue weighted by Crippen LogP contribution is -2.44. The molecule has 7 heteroatoms. The van der Waals surface area contributed by atoms with Gasteiger partial charge in [0, 0.05) is 18.7 Å². The Morgan fingerprint density at radius 1 is 1.02 bits per heavy atom. The predicted molar refractivity (Wildman–Crippen MR) is 167 cm³/mol. The van der Waals surface area contributed by atoms with E-state index in [2.05, 4.69) is 84.8 Å². The van der Waals surface area contributed by atoms with E-state index in [1.54, 1.807) is 14.2 Å². The first-order valence-electron chi connectivity index (χ1n) is 14.1. The van der Waals surface area contributed by atoms with E-state index < -0.39 is 0 Å². The number of carbonyl (C=O) groups is 1. The second kappa shape index (κ2) is 14.9. The van der Waals surface area contributed by atoms with E-state index in [9.17, 15) is 0 Å². The molecule has 0 unspecified atom stereocenters. The zero-order chi connectivity index (χ0) is 29.8. The summed E-state index contributed by atoms with van der Waals surface area (Å²) in [5.41, 5.74) is 15.5. The Bertz CT molecular complexity index is 1300. The fraction of sp³-hybridized carbons (Fsp3) is 0.353. The van der Waals surface area contributed by atoms with Crippen LogP contribution in [0.3, 0.4) is 0 Å². The van der Waals surface area contributed by atoms with Crippen LogP contribution in [-0.2, 0) is 11.2 Å². The minimum absolute atomic E-state index is 0.170. The number of amides is 1. The summed E-state index contributed by atoms with van der Waals surface area (Å²) < 4.78 is 10.9. The number of amidine groups is 1. The summed E-state index contributed by atoms with van der Waals surface area (Å²) in [4.78, 5) is 15.6. The number of nitrogens with zero attached hydrogens (tertiary/aromatic N) is 2. The van der Waals surface area contributed by atoms with Crippen LogP contribution in [-0.4, -0.2) is 44.5 Å². The molecule has 1 amide bonds. The molecule has 1 heterocycles. The fourth-order valence-electron chi connectivity index (χ4n) is 6.10. The van der Waals surface area contributed by atoms with Crippen molar-refractivity contribution < 1.29 is 14.3 Å². The minimum Gasteiger partial charge on any atom is -0.493 e. The monoisotopic (exact) mass is 556 g/mol. The van der Waals surface area contributed by atoms with E-state index in [-0.39, 0.29) is 11.8 Å². The smallest absolute Gasteiger partial charge is 0.204 e. The average Bonchev–Trinajstić information content (AvgIpc) is 2.99. The number of ether oxygens (including phenoxy) is 2. The number of hydrogen-bond acceptors (Lipinski definition) is 5. The summed E-state index contributed by atoms with van der Waals surface area (Å²) >= 11 is 0. The van der Waals surface area contributed by atoms with Crippen molar-refractivity contribution in [3.05, 3.63) is 107 Å². The van der Waals surface area contributed by atoms with Gasteiger partial charge < -0.3 is 25.8 Å². The van der Waals surface area contributed by atoms with Gasteiger partial charge in [0.25, 0.3) is 0 Å². The van der Waals surface area contributed by atoms with Gasteiger partial charge in [-0.1, -0.05) is 74.2 Å². The van der Waals surface area contributed by atoms with Crippen LogP contribution in [0, 0.1) is 12.3 Å². The van der Waals surface area contributed by atoms with Crippen molar-refractivity contribution in [1.82, 2.24) is 4.90 Å². The van der Waals surface area contributed by atoms with Gasteiger partial charge in [-0.05, 0) is 72.8 Å². The lowest BCUT2D eigenvalue weighted by atomic mass is 9.62. The molecular weight excluding hydrogens is 512 g/mol. The third-order valence-electron chi connectivity index (χ3n) is 8.13. The molecule has 0 radical (unpaired) electrons. The number of hydrogen-bond donors (Lipinski definition) is 2. The Morgan fingerprint density at radius 2 is 1.56 bits per heavy atom. The normalized spacial score (nSPS) is 15.2. The van der Waals surface area contributed by atoms with Crippen molar-refractivity contribution in [2.24, 2.45) is 21.9 Å². The van der Waals surface area contributed by atoms with Crippen LogP contribution < -0.4 is 20.9 Å². The van der Waals surface area contributed by atoms with Gasteiger partial charge in [-0.3, -0.25) is 4.79 Å². The topological polar surface area (TPSA) is 103 Å². The molecule has 7 nitrogen and oxygen atoms in total. The standard InChI is InChI=1S/C33H41N3O2.CH3NO/c1-6-29(27-15-11-8-12-16-27)33(23-26-13-9-7-10-14-26)17-19-36(20-18-33)25(3)35-32(34)28-22-31(38-5)30(37-4)21-24(28)2;2-1-3/h7-16,21-22,29H,3,6,17-20,23H2,1-2,4-5H3,(H2,34,35);1H,(H2,2,3)/t29-;/m0./s1. The van der Waals surface area contributed by atoms with Crippen LogP contribution in [0.4, 0.5) is 0 Å². The van der Waals surface area contributed by atoms with Crippen LogP contribution in [0.1, 0.15) is 54.4 Å². The van der Waals surface area contributed by atoms with Crippen molar-refractivity contribution in [3.8, 4) is 11.5 Å². The van der Waals surface area contributed by atoms with Crippen molar-refractivity contribution in [2.45, 2.75) is 45.4 Å². The minimum atomic E-state index is 0.170. The average molecular weight is 557 g/mol. The number of piperidine rings is 1. The molecule has 1 fully saturated rings. The van der Waals surface area contributed by atoms with E-state index in [1.807, 2.05) is 19.1 Å². The van der Waals surface area contributed by atoms with E-state index in [4.69, 9.17) is 25.0 Å². The Balaban J connectivity index is 0.00000147. The van der Waals surface area contributed by atoms with E-state index in [0.29, 0.717) is 29.1 Å². The molecule has 0 bridgehead atoms. The van der Waals surface area contributed by atoms with Crippen LogP contribution in [0.5, 0.6) is 11.5 Å². The molecule has 4 N–H and O–H groups in total. The van der Waals surface area contributed by atoms with Gasteiger partial charge in [-0.2, -0.15) is 0 Å². The van der Waals surface area contributed by atoms with Crippen LogP contribution >= 0.6 is 0 Å². The zero-order valence-corrected chi connectivity index (χ0v) is 24.8. The number of aryl methyl sites for hydroxylation is 1. The van der Waals surface area contributed by atoms with E-state index in [0.717, 1.165) is 49.9 Å². The molecule has 1 aliphatic rings. The molecule has 41 heavy (non-hydrogen) atoms. The molecule has 0 spiro atoms. The molecule has 218 valence electrons. The molecule has 1 aliphatic heterocycles. The Labute approximate surface area is 244 Å². The zero-order valence-electron chi connectivity index (χ0n) is 24.8. The summed E-state index contributed by atoms with van der Waals surface area (Å²) in [5, 5.41) is 0. The molecular formula is C34H44N4O3. The van der Waals surface area contributed by atoms with Gasteiger partial charge in [-0.25, -0.2) is 4.99 Å². The second-order valence-electron chi connectivity index (χ2n) is 10.5. The molecule has 0 aliphatic carbocycles. The second-order valence-corrected chi connectivity index (χ2v) is 10.5. The Morgan fingerprint density at radius 3 is 2.10 bits per heavy atom. The maximum absolute atomic E-state index is 8.58. The van der Waals surface area contributed by atoms with Gasteiger partial charge in [0.2, 0.25) is 6.41 Å².